The Balaban J connectivity index is 1.29. The zero-order valence-electron chi connectivity index (χ0n) is 20.2. The van der Waals surface area contributed by atoms with Crippen LogP contribution in [0.5, 0.6) is 0 Å². The van der Waals surface area contributed by atoms with Crippen LogP contribution in [0.4, 0.5) is 0 Å². The van der Waals surface area contributed by atoms with Gasteiger partial charge in [0.15, 0.2) is 0 Å². The van der Waals surface area contributed by atoms with Gasteiger partial charge in [0.1, 0.15) is 5.76 Å². The van der Waals surface area contributed by atoms with Crippen molar-refractivity contribution in [2.45, 2.75) is 109 Å². The molecule has 5 nitrogen and oxygen atoms in total. The molecule has 4 saturated carbocycles. The third-order valence-corrected chi connectivity index (χ3v) is 11.0. The van der Waals surface area contributed by atoms with Crippen molar-refractivity contribution < 1.29 is 14.7 Å². The van der Waals surface area contributed by atoms with Crippen molar-refractivity contribution in [3.63, 3.8) is 0 Å². The fraction of sp³-hybridized carbons (Fsp3) is 0.889. The van der Waals surface area contributed by atoms with Gasteiger partial charge in [0.25, 0.3) is 0 Å². The molecule has 4 N–H and O–H groups in total. The maximum absolute atomic E-state index is 12.3. The summed E-state index contributed by atoms with van der Waals surface area (Å²) in [6, 6.07) is 2.11. The number of hydrogen-bond donors (Lipinski definition) is 3. The zero-order valence-corrected chi connectivity index (χ0v) is 20.2. The van der Waals surface area contributed by atoms with Crippen molar-refractivity contribution in [3.05, 3.63) is 17.5 Å². The topological polar surface area (TPSA) is 92.5 Å². The average molecular weight is 445 g/mol. The fourth-order valence-corrected chi connectivity index (χ4v) is 8.97. The molecule has 0 bridgehead atoms. The van der Waals surface area contributed by atoms with E-state index >= 15 is 0 Å². The Kier molecular flexibility index (Phi) is 5.99. The maximum atomic E-state index is 12.3. The number of aliphatic hydroxyl groups excluding tert-OH is 1. The van der Waals surface area contributed by atoms with Crippen molar-refractivity contribution >= 4 is 0 Å². The van der Waals surface area contributed by atoms with Gasteiger partial charge in [-0.25, -0.2) is 0 Å². The molecule has 5 heteroatoms. The first-order valence-corrected chi connectivity index (χ1v) is 13.3. The second kappa shape index (κ2) is 8.39. The summed E-state index contributed by atoms with van der Waals surface area (Å²) >= 11 is 0. The first-order valence-electron chi connectivity index (χ1n) is 13.3. The molecule has 0 aliphatic heterocycles. The van der Waals surface area contributed by atoms with Gasteiger partial charge in [-0.2, -0.15) is 0 Å². The van der Waals surface area contributed by atoms with Crippen LogP contribution in [-0.2, 0) is 12.8 Å². The zero-order chi connectivity index (χ0) is 22.6. The molecule has 0 spiro atoms. The molecule has 4 aliphatic carbocycles. The van der Waals surface area contributed by atoms with Crippen LogP contribution in [0.2, 0.25) is 0 Å². The lowest BCUT2D eigenvalue weighted by molar-refractivity contribution is -0.210. The number of nitrogens with two attached hydrogens (primary N) is 1. The number of aromatic nitrogens is 1. The van der Waals surface area contributed by atoms with Gasteiger partial charge in [-0.1, -0.05) is 19.0 Å². The lowest BCUT2D eigenvalue weighted by atomic mass is 9.43. The number of nitrogens with zero attached hydrogens (tertiary/aromatic N) is 1. The summed E-state index contributed by atoms with van der Waals surface area (Å²) in [5, 5.41) is 26.9. The molecule has 5 rings (SSSR count). The standard InChI is InChI=1S/C27H44N2O3/c1-25-12-10-21(30)16-19(25)6-8-24-23(25)11-13-26(2)18(9-14-27(24,26)31)5-7-20-17-22(32-29-20)4-3-15-28/h17-19,21,23-24,30-31H,3-16,28H2,1-2H3/t18-,19+,21-,23?,24?,25-,26+,27-/m0/s1. The molecule has 1 aromatic rings. The van der Waals surface area contributed by atoms with Crippen molar-refractivity contribution in [1.82, 2.24) is 5.16 Å². The van der Waals surface area contributed by atoms with Crippen molar-refractivity contribution in [2.75, 3.05) is 6.54 Å². The first-order chi connectivity index (χ1) is 15.3. The van der Waals surface area contributed by atoms with E-state index in [9.17, 15) is 10.2 Å². The number of aryl methyl sites for hydroxylation is 2. The van der Waals surface area contributed by atoms with E-state index in [0.717, 1.165) is 82.1 Å². The minimum Gasteiger partial charge on any atom is -0.393 e. The predicted octanol–water partition coefficient (Wildman–Crippen LogP) is 4.63. The van der Waals surface area contributed by atoms with Crippen LogP contribution >= 0.6 is 0 Å². The van der Waals surface area contributed by atoms with E-state index in [-0.39, 0.29) is 11.5 Å². The quantitative estimate of drug-likeness (QED) is 0.595. The van der Waals surface area contributed by atoms with E-state index in [2.05, 4.69) is 25.1 Å². The summed E-state index contributed by atoms with van der Waals surface area (Å²) in [6.07, 6.45) is 13.6. The molecule has 1 aromatic heterocycles. The highest BCUT2D eigenvalue weighted by Crippen LogP contribution is 2.69. The summed E-state index contributed by atoms with van der Waals surface area (Å²) in [6.45, 7) is 5.57. The van der Waals surface area contributed by atoms with Gasteiger partial charge in [0.05, 0.1) is 17.4 Å². The fourth-order valence-electron chi connectivity index (χ4n) is 8.97. The molecule has 32 heavy (non-hydrogen) atoms. The van der Waals surface area contributed by atoms with Crippen LogP contribution in [0.1, 0.15) is 95.9 Å². The minimum absolute atomic E-state index is 0.0116. The molecule has 0 saturated heterocycles. The predicted molar refractivity (Wildman–Crippen MR) is 125 cm³/mol. The van der Waals surface area contributed by atoms with Crippen molar-refractivity contribution in [2.24, 2.45) is 40.2 Å². The number of hydrogen-bond acceptors (Lipinski definition) is 5. The number of aliphatic hydroxyl groups is 2. The third kappa shape index (κ3) is 3.49. The van der Waals surface area contributed by atoms with E-state index in [1.807, 2.05) is 0 Å². The van der Waals surface area contributed by atoms with Gasteiger partial charge in [-0.15, -0.1) is 0 Å². The summed E-state index contributed by atoms with van der Waals surface area (Å²) in [4.78, 5) is 0. The SMILES string of the molecule is C[C@]12CC[C@H](O)C[C@H]1CCC1C2CC[C@]2(C)[C@@H](CCc3cc(CCCN)on3)CC[C@]12O. The van der Waals surface area contributed by atoms with E-state index < -0.39 is 5.60 Å². The van der Waals surface area contributed by atoms with Crippen LogP contribution in [0.15, 0.2) is 10.6 Å². The summed E-state index contributed by atoms with van der Waals surface area (Å²) in [7, 11) is 0. The minimum atomic E-state index is -0.527. The van der Waals surface area contributed by atoms with E-state index in [0.29, 0.717) is 35.6 Å². The molecule has 4 fully saturated rings. The van der Waals surface area contributed by atoms with Gasteiger partial charge in [-0.3, -0.25) is 0 Å². The van der Waals surface area contributed by atoms with Crippen LogP contribution in [0.25, 0.3) is 0 Å². The lowest BCUT2D eigenvalue weighted by Gasteiger charge is -2.63. The smallest absolute Gasteiger partial charge is 0.137 e. The maximum Gasteiger partial charge on any atom is 0.137 e. The molecule has 0 amide bonds. The second-order valence-electron chi connectivity index (χ2n) is 12.3. The van der Waals surface area contributed by atoms with Crippen LogP contribution in [0, 0.1) is 34.5 Å². The normalized spacial score (nSPS) is 45.8. The van der Waals surface area contributed by atoms with Crippen LogP contribution in [0.3, 0.4) is 0 Å². The second-order valence-corrected chi connectivity index (χ2v) is 12.3. The lowest BCUT2D eigenvalue weighted by Crippen LogP contribution is -2.62. The monoisotopic (exact) mass is 444 g/mol. The summed E-state index contributed by atoms with van der Waals surface area (Å²) in [5.74, 6) is 3.18. The van der Waals surface area contributed by atoms with E-state index in [1.165, 1.54) is 12.8 Å². The largest absolute Gasteiger partial charge is 0.393 e. The number of rotatable bonds is 6. The highest BCUT2D eigenvalue weighted by atomic mass is 16.5. The van der Waals surface area contributed by atoms with Gasteiger partial charge in [0.2, 0.25) is 0 Å². The first kappa shape index (κ1) is 22.9. The third-order valence-electron chi connectivity index (χ3n) is 11.0. The Hall–Kier alpha value is -0.910. The van der Waals surface area contributed by atoms with Gasteiger partial charge in [0, 0.05) is 12.5 Å². The highest BCUT2D eigenvalue weighted by molar-refractivity contribution is 5.17. The van der Waals surface area contributed by atoms with E-state index in [4.69, 9.17) is 10.3 Å². The highest BCUT2D eigenvalue weighted by Gasteiger charge is 2.66. The van der Waals surface area contributed by atoms with Gasteiger partial charge in [-0.05, 0) is 118 Å². The Morgan fingerprint density at radius 1 is 1.06 bits per heavy atom. The molecule has 180 valence electrons. The summed E-state index contributed by atoms with van der Waals surface area (Å²) in [5.41, 5.74) is 6.46. The van der Waals surface area contributed by atoms with Gasteiger partial charge < -0.3 is 20.5 Å². The molecule has 8 atom stereocenters. The Labute approximate surface area is 193 Å². The molecular formula is C27H44N2O3. The molecule has 2 unspecified atom stereocenters. The van der Waals surface area contributed by atoms with Crippen molar-refractivity contribution in [1.29, 1.82) is 0 Å². The van der Waals surface area contributed by atoms with Gasteiger partial charge >= 0.3 is 0 Å². The molecule has 4 aliphatic rings. The summed E-state index contributed by atoms with van der Waals surface area (Å²) < 4.78 is 5.50. The van der Waals surface area contributed by atoms with Crippen LogP contribution < -0.4 is 5.73 Å². The molecule has 1 heterocycles. The van der Waals surface area contributed by atoms with E-state index in [1.54, 1.807) is 0 Å². The Bertz CT molecular complexity index is 811. The Morgan fingerprint density at radius 2 is 1.91 bits per heavy atom. The Morgan fingerprint density at radius 3 is 2.72 bits per heavy atom. The van der Waals surface area contributed by atoms with Crippen molar-refractivity contribution in [3.8, 4) is 0 Å². The average Bonchev–Trinajstić information content (AvgIpc) is 3.33. The number of fused-ring (bicyclic) bond motifs is 5. The van der Waals surface area contributed by atoms with Crippen LogP contribution in [-0.4, -0.2) is 33.6 Å². The molecule has 0 radical (unpaired) electrons. The molecular weight excluding hydrogens is 400 g/mol. The molecule has 0 aromatic carbocycles.